The third kappa shape index (κ3) is 4.21. The first-order valence-corrected chi connectivity index (χ1v) is 11.4. The number of pyridine rings is 2. The largest absolute Gasteiger partial charge is 0.416 e. The normalized spacial score (nSPS) is 14.7. The second-order valence-electron chi connectivity index (χ2n) is 8.87. The molecular formula is C25H24F3N7O. The molecule has 3 aliphatic heterocycles. The highest BCUT2D eigenvalue weighted by molar-refractivity contribution is 5.82. The Morgan fingerprint density at radius 1 is 1.14 bits per heavy atom. The maximum atomic E-state index is 13.3. The Bertz CT molecular complexity index is 1590. The minimum atomic E-state index is -4.52. The molecule has 0 radical (unpaired) electrons. The number of nitrogen functional groups attached to an aromatic ring is 1. The lowest BCUT2D eigenvalue weighted by Gasteiger charge is -2.18. The van der Waals surface area contributed by atoms with E-state index in [1.165, 1.54) is 10.6 Å². The molecule has 0 fully saturated rings. The highest BCUT2D eigenvalue weighted by Gasteiger charge is 2.31. The summed E-state index contributed by atoms with van der Waals surface area (Å²) in [5.74, 6) is 1.98. The van der Waals surface area contributed by atoms with Gasteiger partial charge in [0.05, 0.1) is 17.2 Å². The molecule has 3 aliphatic rings. The fourth-order valence-corrected chi connectivity index (χ4v) is 4.42. The predicted octanol–water partition coefficient (Wildman–Crippen LogP) is 3.75. The Morgan fingerprint density at radius 3 is 2.64 bits per heavy atom. The summed E-state index contributed by atoms with van der Waals surface area (Å²) >= 11 is 0. The van der Waals surface area contributed by atoms with E-state index >= 15 is 0 Å². The van der Waals surface area contributed by atoms with Gasteiger partial charge in [0, 0.05) is 43.7 Å². The van der Waals surface area contributed by atoms with Crippen molar-refractivity contribution in [2.75, 3.05) is 17.6 Å². The average molecular weight is 496 g/mol. The summed E-state index contributed by atoms with van der Waals surface area (Å²) in [6.07, 6.45) is -2.82. The van der Waals surface area contributed by atoms with Gasteiger partial charge in [-0.15, -0.1) is 0 Å². The monoisotopic (exact) mass is 495 g/mol. The molecule has 0 spiro atoms. The van der Waals surface area contributed by atoms with E-state index in [2.05, 4.69) is 15.3 Å². The molecule has 1 unspecified atom stereocenters. The number of hydrogen-bond donors (Lipinski definition) is 2. The Morgan fingerprint density at radius 2 is 1.92 bits per heavy atom. The fourth-order valence-electron chi connectivity index (χ4n) is 4.42. The summed E-state index contributed by atoms with van der Waals surface area (Å²) in [5.41, 5.74) is 7.64. The molecule has 0 aliphatic carbocycles. The molecule has 5 rings (SSSR count). The lowest BCUT2D eigenvalue weighted by molar-refractivity contribution is -0.137. The molecule has 8 nitrogen and oxygen atoms in total. The van der Waals surface area contributed by atoms with Crippen LogP contribution in [0, 0.1) is 6.92 Å². The smallest absolute Gasteiger partial charge is 0.399 e. The van der Waals surface area contributed by atoms with Gasteiger partial charge in [0.15, 0.2) is 5.49 Å². The van der Waals surface area contributed by atoms with Gasteiger partial charge in [-0.1, -0.05) is 0 Å². The summed E-state index contributed by atoms with van der Waals surface area (Å²) < 4.78 is 43.5. The number of aryl methyl sites for hydroxylation is 2. The molecule has 0 amide bonds. The van der Waals surface area contributed by atoms with Crippen LogP contribution in [0.2, 0.25) is 0 Å². The number of hydrogen-bond acceptors (Lipinski definition) is 6. The number of nitrogens with two attached hydrogens (primary N) is 1. The molecule has 1 atom stereocenters. The van der Waals surface area contributed by atoms with Crippen molar-refractivity contribution < 1.29 is 13.2 Å². The van der Waals surface area contributed by atoms with E-state index in [-0.39, 0.29) is 11.2 Å². The van der Waals surface area contributed by atoms with E-state index in [4.69, 9.17) is 10.7 Å². The Hall–Kier alpha value is -4.15. The highest BCUT2D eigenvalue weighted by atomic mass is 19.4. The van der Waals surface area contributed by atoms with Crippen molar-refractivity contribution in [3.63, 3.8) is 0 Å². The summed E-state index contributed by atoms with van der Waals surface area (Å²) in [6.45, 7) is 4.78. The lowest BCUT2D eigenvalue weighted by Crippen LogP contribution is -2.21. The fraction of sp³-hybridized carbons (Fsp3) is 0.280. The van der Waals surface area contributed by atoms with Crippen LogP contribution in [0.15, 0.2) is 52.4 Å². The van der Waals surface area contributed by atoms with Gasteiger partial charge in [-0.2, -0.15) is 13.2 Å². The van der Waals surface area contributed by atoms with Crippen LogP contribution in [0.3, 0.4) is 0 Å². The second kappa shape index (κ2) is 8.51. The minimum Gasteiger partial charge on any atom is -0.399 e. The zero-order valence-electron chi connectivity index (χ0n) is 19.9. The van der Waals surface area contributed by atoms with Crippen molar-refractivity contribution in [3.05, 3.63) is 75.4 Å². The number of rotatable bonds is 3. The molecule has 4 heterocycles. The van der Waals surface area contributed by atoms with Crippen molar-refractivity contribution in [1.82, 2.24) is 19.1 Å². The van der Waals surface area contributed by atoms with Crippen LogP contribution in [0.25, 0.3) is 22.5 Å². The maximum absolute atomic E-state index is 13.3. The molecule has 1 aromatic carbocycles. The van der Waals surface area contributed by atoms with Crippen LogP contribution in [0.4, 0.5) is 24.7 Å². The van der Waals surface area contributed by atoms with E-state index < -0.39 is 17.8 Å². The molecule has 1 aromatic heterocycles. The molecule has 0 saturated heterocycles. The number of halogens is 3. The average Bonchev–Trinajstić information content (AvgIpc) is 3.30. The number of nitrogens with zero attached hydrogens (tertiary/aromatic N) is 5. The second-order valence-corrected chi connectivity index (χ2v) is 8.87. The first kappa shape index (κ1) is 23.6. The van der Waals surface area contributed by atoms with Crippen LogP contribution >= 0.6 is 0 Å². The van der Waals surface area contributed by atoms with Crippen molar-refractivity contribution in [3.8, 4) is 22.5 Å². The number of nitrogens with one attached hydrogen (secondary N) is 1. The van der Waals surface area contributed by atoms with Gasteiger partial charge in [0.2, 0.25) is 0 Å². The van der Waals surface area contributed by atoms with Crippen molar-refractivity contribution >= 4 is 11.5 Å². The molecule has 3 N–H and O–H groups in total. The van der Waals surface area contributed by atoms with Gasteiger partial charge >= 0.3 is 6.18 Å². The van der Waals surface area contributed by atoms with E-state index in [9.17, 15) is 18.0 Å². The number of anilines is 2. The van der Waals surface area contributed by atoms with Crippen LogP contribution < -0.4 is 22.1 Å². The SMILES string of the molecule is Cc1nc2n3c(c(-c4ccn(C)c(=O)c4)cc-2c(=NC(C)c2cc(N)cc(C(F)(F)F)c2)n1)NCC3. The number of benzene rings is 1. The maximum Gasteiger partial charge on any atom is 0.416 e. The van der Waals surface area contributed by atoms with Gasteiger partial charge in [-0.25, -0.2) is 9.97 Å². The summed E-state index contributed by atoms with van der Waals surface area (Å²) in [6, 6.07) is 8.08. The summed E-state index contributed by atoms with van der Waals surface area (Å²) in [7, 11) is 1.68. The van der Waals surface area contributed by atoms with Crippen molar-refractivity contribution in [1.29, 1.82) is 0 Å². The van der Waals surface area contributed by atoms with Gasteiger partial charge in [0.1, 0.15) is 17.5 Å². The number of aromatic nitrogens is 4. The first-order valence-electron chi connectivity index (χ1n) is 11.4. The molecule has 0 saturated carbocycles. The summed E-state index contributed by atoms with van der Waals surface area (Å²) in [4.78, 5) is 26.2. The van der Waals surface area contributed by atoms with E-state index in [1.807, 2.05) is 16.7 Å². The number of fused-ring (bicyclic) bond motifs is 3. The van der Waals surface area contributed by atoms with E-state index in [0.29, 0.717) is 41.4 Å². The number of alkyl halides is 3. The molecular weight excluding hydrogens is 471 g/mol. The van der Waals surface area contributed by atoms with Gasteiger partial charge in [-0.05, 0) is 55.3 Å². The Kier molecular flexibility index (Phi) is 5.57. The summed E-state index contributed by atoms with van der Waals surface area (Å²) in [5, 5.41) is 3.37. The van der Waals surface area contributed by atoms with Gasteiger partial charge < -0.3 is 20.2 Å². The van der Waals surface area contributed by atoms with E-state index in [1.54, 1.807) is 33.2 Å². The van der Waals surface area contributed by atoms with Crippen LogP contribution in [0.1, 0.15) is 29.9 Å². The third-order valence-corrected chi connectivity index (χ3v) is 6.23. The van der Waals surface area contributed by atoms with Crippen molar-refractivity contribution in [2.45, 2.75) is 32.6 Å². The van der Waals surface area contributed by atoms with Crippen LogP contribution in [-0.2, 0) is 19.8 Å². The molecule has 36 heavy (non-hydrogen) atoms. The molecule has 186 valence electrons. The Balaban J connectivity index is 1.72. The van der Waals surface area contributed by atoms with Crippen molar-refractivity contribution in [2.24, 2.45) is 12.0 Å². The van der Waals surface area contributed by atoms with Crippen LogP contribution in [0.5, 0.6) is 0 Å². The Labute approximate surface area is 204 Å². The first-order chi connectivity index (χ1) is 17.0. The zero-order chi connectivity index (χ0) is 25.8. The van der Waals surface area contributed by atoms with Gasteiger partial charge in [-0.3, -0.25) is 9.79 Å². The molecule has 2 aromatic rings. The quantitative estimate of drug-likeness (QED) is 0.422. The minimum absolute atomic E-state index is 0.0120. The topological polar surface area (TPSA) is 103 Å². The van der Waals surface area contributed by atoms with E-state index in [0.717, 1.165) is 29.1 Å². The van der Waals surface area contributed by atoms with Gasteiger partial charge in [0.25, 0.3) is 5.56 Å². The lowest BCUT2D eigenvalue weighted by atomic mass is 10.0. The molecule has 0 bridgehead atoms. The van der Waals surface area contributed by atoms with Crippen LogP contribution in [-0.4, -0.2) is 25.6 Å². The molecule has 11 heteroatoms. The zero-order valence-corrected chi connectivity index (χ0v) is 19.9. The third-order valence-electron chi connectivity index (χ3n) is 6.23. The standard InChI is InChI=1S/C25H24F3N7O/c1-13(16-8-17(25(26,27)28)11-18(29)9-16)31-22-20-12-19(15-4-6-34(3)21(36)10-15)23-30-5-7-35(23)24(20)33-14(2)32-22/h4,6,8-13,30H,5,7,29H2,1-3H3. The highest BCUT2D eigenvalue weighted by Crippen LogP contribution is 2.36. The predicted molar refractivity (Wildman–Crippen MR) is 130 cm³/mol.